The lowest BCUT2D eigenvalue weighted by Gasteiger charge is -2.24. The zero-order chi connectivity index (χ0) is 14.5. The van der Waals surface area contributed by atoms with Crippen LogP contribution in [0, 0.1) is 0 Å². The minimum absolute atomic E-state index is 0.152. The molecule has 0 unspecified atom stereocenters. The molecule has 2 rings (SSSR count). The van der Waals surface area contributed by atoms with E-state index in [1.807, 2.05) is 6.07 Å². The first kappa shape index (κ1) is 14.7. The Morgan fingerprint density at radius 3 is 2.80 bits per heavy atom. The van der Waals surface area contributed by atoms with Crippen molar-refractivity contribution in [1.29, 1.82) is 0 Å². The van der Waals surface area contributed by atoms with E-state index in [0.29, 0.717) is 17.4 Å². The van der Waals surface area contributed by atoms with E-state index in [1.54, 1.807) is 6.07 Å². The lowest BCUT2D eigenvalue weighted by Crippen LogP contribution is -2.33. The van der Waals surface area contributed by atoms with Gasteiger partial charge in [-0.25, -0.2) is 4.79 Å². The van der Waals surface area contributed by atoms with E-state index in [1.165, 1.54) is 31.7 Å². The number of para-hydroxylation sites is 1. The van der Waals surface area contributed by atoms with Crippen LogP contribution in [0.25, 0.3) is 0 Å². The van der Waals surface area contributed by atoms with E-state index >= 15 is 0 Å². The number of rotatable bonds is 6. The van der Waals surface area contributed by atoms with Gasteiger partial charge in [0.25, 0.3) is 0 Å². The lowest BCUT2D eigenvalue weighted by atomic mass is 10.1. The Hall–Kier alpha value is -1.75. The van der Waals surface area contributed by atoms with Gasteiger partial charge < -0.3 is 21.1 Å². The number of nitrogens with one attached hydrogen (secondary N) is 1. The summed E-state index contributed by atoms with van der Waals surface area (Å²) in [4.78, 5) is 13.4. The Morgan fingerprint density at radius 1 is 1.45 bits per heavy atom. The third kappa shape index (κ3) is 3.42. The average Bonchev–Trinajstić information content (AvgIpc) is 2.94. The SMILES string of the molecule is CN(CCNc1cccc(C(=O)O)c1N)C1CCCC1. The maximum absolute atomic E-state index is 11.0. The van der Waals surface area contributed by atoms with E-state index in [2.05, 4.69) is 17.3 Å². The maximum Gasteiger partial charge on any atom is 0.337 e. The number of anilines is 2. The minimum Gasteiger partial charge on any atom is -0.478 e. The van der Waals surface area contributed by atoms with Gasteiger partial charge in [0, 0.05) is 19.1 Å². The molecule has 0 saturated heterocycles. The molecular weight excluding hydrogens is 254 g/mol. The number of benzene rings is 1. The molecule has 1 aliphatic rings. The number of nitrogens with zero attached hydrogens (tertiary/aromatic N) is 1. The Bertz CT molecular complexity index is 470. The number of aromatic carboxylic acids is 1. The van der Waals surface area contributed by atoms with Crippen LogP contribution in [0.4, 0.5) is 11.4 Å². The predicted molar refractivity (Wildman–Crippen MR) is 81.2 cm³/mol. The monoisotopic (exact) mass is 277 g/mol. The van der Waals surface area contributed by atoms with E-state index in [0.717, 1.165) is 13.1 Å². The largest absolute Gasteiger partial charge is 0.478 e. The smallest absolute Gasteiger partial charge is 0.337 e. The lowest BCUT2D eigenvalue weighted by molar-refractivity contribution is 0.0698. The van der Waals surface area contributed by atoms with Gasteiger partial charge in [0.1, 0.15) is 0 Å². The minimum atomic E-state index is -0.991. The van der Waals surface area contributed by atoms with Gasteiger partial charge in [0.2, 0.25) is 0 Å². The topological polar surface area (TPSA) is 78.6 Å². The van der Waals surface area contributed by atoms with Crippen LogP contribution < -0.4 is 11.1 Å². The molecule has 4 N–H and O–H groups in total. The first-order chi connectivity index (χ1) is 9.59. The Morgan fingerprint density at radius 2 is 2.15 bits per heavy atom. The molecule has 0 bridgehead atoms. The van der Waals surface area contributed by atoms with Crippen LogP contribution in [0.5, 0.6) is 0 Å². The zero-order valence-corrected chi connectivity index (χ0v) is 11.9. The first-order valence-electron chi connectivity index (χ1n) is 7.15. The second kappa shape index (κ2) is 6.61. The van der Waals surface area contributed by atoms with Crippen molar-refractivity contribution in [2.45, 2.75) is 31.7 Å². The highest BCUT2D eigenvalue weighted by molar-refractivity contribution is 5.97. The second-order valence-electron chi connectivity index (χ2n) is 5.42. The third-order valence-corrected chi connectivity index (χ3v) is 4.06. The molecule has 5 nitrogen and oxygen atoms in total. The summed E-state index contributed by atoms with van der Waals surface area (Å²) in [5.41, 5.74) is 7.03. The molecule has 1 fully saturated rings. The van der Waals surface area contributed by atoms with Crippen molar-refractivity contribution in [2.24, 2.45) is 0 Å². The molecule has 1 aromatic carbocycles. The molecule has 0 aromatic heterocycles. The van der Waals surface area contributed by atoms with Crippen LogP contribution >= 0.6 is 0 Å². The summed E-state index contributed by atoms with van der Waals surface area (Å²) >= 11 is 0. The highest BCUT2D eigenvalue weighted by atomic mass is 16.4. The van der Waals surface area contributed by atoms with Gasteiger partial charge in [-0.3, -0.25) is 0 Å². The number of carboxylic acids is 1. The molecule has 5 heteroatoms. The molecule has 0 radical (unpaired) electrons. The molecule has 1 aromatic rings. The summed E-state index contributed by atoms with van der Waals surface area (Å²) < 4.78 is 0. The molecule has 1 saturated carbocycles. The van der Waals surface area contributed by atoms with Crippen LogP contribution in [0.1, 0.15) is 36.0 Å². The van der Waals surface area contributed by atoms with Gasteiger partial charge in [-0.2, -0.15) is 0 Å². The zero-order valence-electron chi connectivity index (χ0n) is 11.9. The number of hydrogen-bond acceptors (Lipinski definition) is 4. The van der Waals surface area contributed by atoms with Gasteiger partial charge in [-0.1, -0.05) is 18.9 Å². The fraction of sp³-hybridized carbons (Fsp3) is 0.533. The molecule has 0 spiro atoms. The van der Waals surface area contributed by atoms with E-state index in [9.17, 15) is 4.79 Å². The quantitative estimate of drug-likeness (QED) is 0.695. The number of hydrogen-bond donors (Lipinski definition) is 3. The molecule has 20 heavy (non-hydrogen) atoms. The Labute approximate surface area is 119 Å². The van der Waals surface area contributed by atoms with Gasteiger partial charge in [-0.15, -0.1) is 0 Å². The molecule has 0 atom stereocenters. The van der Waals surface area contributed by atoms with Gasteiger partial charge >= 0.3 is 5.97 Å². The second-order valence-corrected chi connectivity index (χ2v) is 5.42. The van der Waals surface area contributed by atoms with Gasteiger partial charge in [0.15, 0.2) is 0 Å². The van der Waals surface area contributed by atoms with Crippen LogP contribution in [0.15, 0.2) is 18.2 Å². The highest BCUT2D eigenvalue weighted by Crippen LogP contribution is 2.24. The van der Waals surface area contributed by atoms with Crippen molar-refractivity contribution in [3.63, 3.8) is 0 Å². The summed E-state index contributed by atoms with van der Waals surface area (Å²) in [7, 11) is 2.15. The molecule has 0 amide bonds. The Kier molecular flexibility index (Phi) is 4.84. The highest BCUT2D eigenvalue weighted by Gasteiger charge is 2.19. The molecule has 1 aliphatic carbocycles. The van der Waals surface area contributed by atoms with Crippen molar-refractivity contribution in [1.82, 2.24) is 4.90 Å². The van der Waals surface area contributed by atoms with Crippen LogP contribution in [-0.4, -0.2) is 42.2 Å². The van der Waals surface area contributed by atoms with E-state index in [-0.39, 0.29) is 5.56 Å². The fourth-order valence-electron chi connectivity index (χ4n) is 2.80. The summed E-state index contributed by atoms with van der Waals surface area (Å²) in [5.74, 6) is -0.991. The Balaban J connectivity index is 1.87. The third-order valence-electron chi connectivity index (χ3n) is 4.06. The number of nitrogen functional groups attached to an aromatic ring is 1. The van der Waals surface area contributed by atoms with Crippen LogP contribution in [-0.2, 0) is 0 Å². The molecule has 0 aliphatic heterocycles. The normalized spacial score (nSPS) is 15.7. The number of carbonyl (C=O) groups is 1. The first-order valence-corrected chi connectivity index (χ1v) is 7.15. The summed E-state index contributed by atoms with van der Waals surface area (Å²) in [6.07, 6.45) is 5.23. The molecular formula is C15H23N3O2. The summed E-state index contributed by atoms with van der Waals surface area (Å²) in [6, 6.07) is 5.74. The fourth-order valence-corrected chi connectivity index (χ4v) is 2.80. The van der Waals surface area contributed by atoms with Crippen LogP contribution in [0.2, 0.25) is 0 Å². The van der Waals surface area contributed by atoms with Crippen LogP contribution in [0.3, 0.4) is 0 Å². The summed E-state index contributed by atoms with van der Waals surface area (Å²) in [5, 5.41) is 12.3. The van der Waals surface area contributed by atoms with Gasteiger partial charge in [-0.05, 0) is 32.0 Å². The standard InChI is InChI=1S/C15H23N3O2/c1-18(11-5-2-3-6-11)10-9-17-13-8-4-7-12(14(13)16)15(19)20/h4,7-8,11,17H,2-3,5-6,9-10,16H2,1H3,(H,19,20). The predicted octanol–water partition coefficient (Wildman–Crippen LogP) is 2.25. The number of nitrogens with two attached hydrogens (primary N) is 1. The maximum atomic E-state index is 11.0. The number of likely N-dealkylation sites (N-methyl/N-ethyl adjacent to an activating group) is 1. The molecule has 110 valence electrons. The summed E-state index contributed by atoms with van der Waals surface area (Å²) in [6.45, 7) is 1.70. The van der Waals surface area contributed by atoms with Crippen molar-refractivity contribution < 1.29 is 9.90 Å². The van der Waals surface area contributed by atoms with Crippen molar-refractivity contribution in [3.8, 4) is 0 Å². The van der Waals surface area contributed by atoms with Crippen molar-refractivity contribution in [2.75, 3.05) is 31.2 Å². The number of carboxylic acid groups (broad SMARTS) is 1. The van der Waals surface area contributed by atoms with Crippen molar-refractivity contribution in [3.05, 3.63) is 23.8 Å². The molecule has 0 heterocycles. The average molecular weight is 277 g/mol. The van der Waals surface area contributed by atoms with Gasteiger partial charge in [0.05, 0.1) is 16.9 Å². The van der Waals surface area contributed by atoms with Crippen molar-refractivity contribution >= 4 is 17.3 Å². The van der Waals surface area contributed by atoms with E-state index < -0.39 is 5.97 Å². The van der Waals surface area contributed by atoms with E-state index in [4.69, 9.17) is 10.8 Å².